The third kappa shape index (κ3) is 4.99. The Kier molecular flexibility index (Phi) is 7.44. The predicted octanol–water partition coefficient (Wildman–Crippen LogP) is 3.38. The molecule has 0 fully saturated rings. The first kappa shape index (κ1) is 22.2. The first-order chi connectivity index (χ1) is 14.4. The molecule has 0 spiro atoms. The first-order valence-electron chi connectivity index (χ1n) is 9.98. The van der Waals surface area contributed by atoms with Crippen LogP contribution in [0.5, 0.6) is 0 Å². The van der Waals surface area contributed by atoms with E-state index in [1.54, 1.807) is 49.6 Å². The van der Waals surface area contributed by atoms with Crippen LogP contribution in [-0.4, -0.2) is 74.1 Å². The molecule has 1 atom stereocenters. The van der Waals surface area contributed by atoms with Crippen LogP contribution in [0.3, 0.4) is 0 Å². The maximum Gasteiger partial charge on any atom is 0.319 e. The quantitative estimate of drug-likeness (QED) is 0.629. The van der Waals surface area contributed by atoms with Crippen molar-refractivity contribution in [3.05, 3.63) is 57.5 Å². The van der Waals surface area contributed by atoms with Crippen LogP contribution in [0.15, 0.2) is 35.7 Å². The smallest absolute Gasteiger partial charge is 0.319 e. The van der Waals surface area contributed by atoms with Gasteiger partial charge in [0.1, 0.15) is 12.4 Å². The number of carbonyl (C=O) groups excluding carboxylic acids is 2. The zero-order chi connectivity index (χ0) is 21.7. The van der Waals surface area contributed by atoms with E-state index in [0.717, 1.165) is 17.5 Å². The molecule has 1 aliphatic rings. The Morgan fingerprint density at radius 1 is 1.23 bits per heavy atom. The summed E-state index contributed by atoms with van der Waals surface area (Å²) in [6, 6.07) is 7.86. The zero-order valence-electron chi connectivity index (χ0n) is 17.6. The summed E-state index contributed by atoms with van der Waals surface area (Å²) in [6.45, 7) is 1.52. The Morgan fingerprint density at radius 3 is 2.63 bits per heavy atom. The van der Waals surface area contributed by atoms with Crippen molar-refractivity contribution >= 4 is 23.3 Å². The third-order valence-corrected chi connectivity index (χ3v) is 6.22. The number of ether oxygens (including phenoxy) is 1. The Bertz CT molecular complexity index is 869. The van der Waals surface area contributed by atoms with Gasteiger partial charge in [-0.05, 0) is 47.5 Å². The minimum absolute atomic E-state index is 0.00209. The predicted molar refractivity (Wildman–Crippen MR) is 115 cm³/mol. The number of amides is 3. The van der Waals surface area contributed by atoms with Gasteiger partial charge in [-0.3, -0.25) is 4.79 Å². The lowest BCUT2D eigenvalue weighted by Gasteiger charge is -2.38. The number of hydrogen-bond donors (Lipinski definition) is 0. The van der Waals surface area contributed by atoms with Crippen molar-refractivity contribution in [2.45, 2.75) is 18.9 Å². The Labute approximate surface area is 180 Å². The normalized spacial score (nSPS) is 15.6. The number of nitrogens with zero attached hydrogens (tertiary/aromatic N) is 3. The summed E-state index contributed by atoms with van der Waals surface area (Å²) in [5.41, 5.74) is 1.95. The van der Waals surface area contributed by atoms with Crippen molar-refractivity contribution < 1.29 is 18.7 Å². The molecule has 8 heteroatoms. The number of fused-ring (bicyclic) bond motifs is 1. The van der Waals surface area contributed by atoms with Crippen LogP contribution in [0.1, 0.15) is 28.5 Å². The van der Waals surface area contributed by atoms with Gasteiger partial charge in [0.2, 0.25) is 5.91 Å². The van der Waals surface area contributed by atoms with Crippen LogP contribution in [0.25, 0.3) is 0 Å². The largest absolute Gasteiger partial charge is 0.385 e. The maximum absolute atomic E-state index is 13.5. The molecular formula is C22H28FN3O3S. The minimum atomic E-state index is -0.307. The van der Waals surface area contributed by atoms with Gasteiger partial charge in [-0.2, -0.15) is 0 Å². The molecule has 1 aromatic heterocycles. The van der Waals surface area contributed by atoms with Crippen LogP contribution in [-0.2, 0) is 16.0 Å². The molecule has 0 aliphatic carbocycles. The average molecular weight is 434 g/mol. The van der Waals surface area contributed by atoms with E-state index in [0.29, 0.717) is 26.1 Å². The standard InChI is InChI=1S/C22H28FN3O3S/c1-24(2)22(28)25(11-4-13-29-3)15-20(27)26-12-9-19-18(10-14-30-19)21(26)16-5-7-17(23)8-6-16/h5-8,10,14,21H,4,9,11-13,15H2,1-3H3. The van der Waals surface area contributed by atoms with E-state index in [4.69, 9.17) is 4.74 Å². The molecule has 0 N–H and O–H groups in total. The maximum atomic E-state index is 13.5. The fourth-order valence-corrected chi connectivity index (χ4v) is 4.67. The van der Waals surface area contributed by atoms with Gasteiger partial charge in [0.15, 0.2) is 0 Å². The highest BCUT2D eigenvalue weighted by molar-refractivity contribution is 7.10. The summed E-state index contributed by atoms with van der Waals surface area (Å²) < 4.78 is 18.6. The highest BCUT2D eigenvalue weighted by atomic mass is 32.1. The number of rotatable bonds is 7. The lowest BCUT2D eigenvalue weighted by atomic mass is 9.93. The van der Waals surface area contributed by atoms with Gasteiger partial charge >= 0.3 is 6.03 Å². The molecular weight excluding hydrogens is 405 g/mol. The molecule has 2 aromatic rings. The topological polar surface area (TPSA) is 53.1 Å². The van der Waals surface area contributed by atoms with Gasteiger partial charge in [-0.25, -0.2) is 9.18 Å². The van der Waals surface area contributed by atoms with Crippen LogP contribution in [0.2, 0.25) is 0 Å². The number of methoxy groups -OCH3 is 1. The lowest BCUT2D eigenvalue weighted by molar-refractivity contribution is -0.134. The van der Waals surface area contributed by atoms with Crippen molar-refractivity contribution in [3.8, 4) is 0 Å². The monoisotopic (exact) mass is 433 g/mol. The molecule has 1 aromatic carbocycles. The van der Waals surface area contributed by atoms with Gasteiger partial charge in [-0.15, -0.1) is 11.3 Å². The van der Waals surface area contributed by atoms with E-state index in [1.165, 1.54) is 21.9 Å². The Hall–Kier alpha value is -2.45. The number of hydrogen-bond acceptors (Lipinski definition) is 4. The van der Waals surface area contributed by atoms with Crippen LogP contribution >= 0.6 is 11.3 Å². The lowest BCUT2D eigenvalue weighted by Crippen LogP contribution is -2.49. The van der Waals surface area contributed by atoms with Gasteiger partial charge in [0.05, 0.1) is 6.04 Å². The molecule has 0 radical (unpaired) electrons. The Balaban J connectivity index is 1.84. The van der Waals surface area contributed by atoms with Crippen LogP contribution < -0.4 is 0 Å². The highest BCUT2D eigenvalue weighted by Crippen LogP contribution is 2.37. The van der Waals surface area contributed by atoms with Gasteiger partial charge in [0, 0.05) is 45.8 Å². The van der Waals surface area contributed by atoms with Gasteiger partial charge < -0.3 is 19.4 Å². The van der Waals surface area contributed by atoms with Crippen molar-refractivity contribution in [2.24, 2.45) is 0 Å². The molecule has 0 saturated carbocycles. The number of benzene rings is 1. The number of urea groups is 1. The van der Waals surface area contributed by atoms with Crippen molar-refractivity contribution in [3.63, 3.8) is 0 Å². The van der Waals surface area contributed by atoms with E-state index >= 15 is 0 Å². The van der Waals surface area contributed by atoms with E-state index in [9.17, 15) is 14.0 Å². The summed E-state index contributed by atoms with van der Waals surface area (Å²) in [7, 11) is 4.97. The second-order valence-electron chi connectivity index (χ2n) is 7.54. The number of thiophene rings is 1. The number of halogens is 1. The van der Waals surface area contributed by atoms with Crippen molar-refractivity contribution in [2.75, 3.05) is 47.4 Å². The van der Waals surface area contributed by atoms with Gasteiger partial charge in [-0.1, -0.05) is 12.1 Å². The van der Waals surface area contributed by atoms with Crippen LogP contribution in [0, 0.1) is 5.82 Å². The molecule has 0 bridgehead atoms. The average Bonchev–Trinajstić information content (AvgIpc) is 3.21. The molecule has 3 rings (SSSR count). The molecule has 162 valence electrons. The molecule has 1 unspecified atom stereocenters. The molecule has 1 aliphatic heterocycles. The second-order valence-corrected chi connectivity index (χ2v) is 8.54. The van der Waals surface area contributed by atoms with E-state index in [-0.39, 0.29) is 30.3 Å². The summed E-state index contributed by atoms with van der Waals surface area (Å²) in [6.07, 6.45) is 1.43. The first-order valence-corrected chi connectivity index (χ1v) is 10.9. The molecule has 30 heavy (non-hydrogen) atoms. The SMILES string of the molecule is COCCCN(CC(=O)N1CCc2sccc2C1c1ccc(F)cc1)C(=O)N(C)C. The third-order valence-electron chi connectivity index (χ3n) is 5.23. The highest BCUT2D eigenvalue weighted by Gasteiger charge is 2.34. The summed E-state index contributed by atoms with van der Waals surface area (Å²) >= 11 is 1.68. The van der Waals surface area contributed by atoms with Crippen molar-refractivity contribution in [1.82, 2.24) is 14.7 Å². The molecule has 6 nitrogen and oxygen atoms in total. The van der Waals surface area contributed by atoms with E-state index < -0.39 is 0 Å². The summed E-state index contributed by atoms with van der Waals surface area (Å²) in [4.78, 5) is 32.1. The minimum Gasteiger partial charge on any atom is -0.385 e. The summed E-state index contributed by atoms with van der Waals surface area (Å²) in [5.74, 6) is -0.423. The van der Waals surface area contributed by atoms with E-state index in [1.807, 2.05) is 16.3 Å². The fraction of sp³-hybridized carbons (Fsp3) is 0.455. The molecule has 0 saturated heterocycles. The molecule has 2 heterocycles. The van der Waals surface area contributed by atoms with Crippen molar-refractivity contribution in [1.29, 1.82) is 0 Å². The molecule has 3 amide bonds. The second kappa shape index (κ2) is 10.0. The number of carbonyl (C=O) groups is 2. The zero-order valence-corrected chi connectivity index (χ0v) is 18.5. The van der Waals surface area contributed by atoms with Crippen LogP contribution in [0.4, 0.5) is 9.18 Å². The van der Waals surface area contributed by atoms with Gasteiger partial charge in [0.25, 0.3) is 0 Å². The Morgan fingerprint density at radius 2 is 1.97 bits per heavy atom. The summed E-state index contributed by atoms with van der Waals surface area (Å²) in [5, 5.41) is 2.03. The fourth-order valence-electron chi connectivity index (χ4n) is 3.77. The van der Waals surface area contributed by atoms with E-state index in [2.05, 4.69) is 0 Å².